The third kappa shape index (κ3) is 7.90. The molecule has 0 aliphatic carbocycles. The zero-order chi connectivity index (χ0) is 15.5. The highest BCUT2D eigenvalue weighted by atomic mass is 16.6. The molecule has 0 atom stereocenters. The Kier molecular flexibility index (Phi) is 10.9. The van der Waals surface area contributed by atoms with Gasteiger partial charge in [-0.1, -0.05) is 27.7 Å². The van der Waals surface area contributed by atoms with Crippen LogP contribution in [0.4, 0.5) is 5.82 Å². The Hall–Kier alpha value is -1.73. The first kappa shape index (κ1) is 20.3. The van der Waals surface area contributed by atoms with Crippen LogP contribution in [0.25, 0.3) is 0 Å². The molecule has 7 heteroatoms. The van der Waals surface area contributed by atoms with Crippen molar-refractivity contribution in [3.05, 3.63) is 28.4 Å². The van der Waals surface area contributed by atoms with Crippen LogP contribution >= 0.6 is 0 Å². The standard InChI is InChI=1S/C11H15N3O4.C3H8.CH4/c15-14(16)11-2-1-10(9-12-11)18-8-5-13-3-6-17-7-4-13;1-3-2;/h1-2,9H,3-8H2;3H2,1-2H3;1H4. The molecule has 1 aliphatic heterocycles. The average molecular weight is 313 g/mol. The van der Waals surface area contributed by atoms with E-state index in [1.807, 2.05) is 0 Å². The van der Waals surface area contributed by atoms with Crippen molar-refractivity contribution in [2.75, 3.05) is 39.5 Å². The van der Waals surface area contributed by atoms with Crippen LogP contribution in [0.5, 0.6) is 5.75 Å². The zero-order valence-corrected chi connectivity index (χ0v) is 12.7. The lowest BCUT2D eigenvalue weighted by Crippen LogP contribution is -2.38. The summed E-state index contributed by atoms with van der Waals surface area (Å²) >= 11 is 0. The third-order valence-corrected chi connectivity index (χ3v) is 2.69. The fourth-order valence-corrected chi connectivity index (χ4v) is 1.68. The summed E-state index contributed by atoms with van der Waals surface area (Å²) in [5, 5.41) is 10.4. The number of pyridine rings is 1. The van der Waals surface area contributed by atoms with Gasteiger partial charge in [0.25, 0.3) is 0 Å². The van der Waals surface area contributed by atoms with Crippen LogP contribution in [-0.4, -0.2) is 54.3 Å². The first-order valence-electron chi connectivity index (χ1n) is 7.20. The number of aromatic nitrogens is 1. The van der Waals surface area contributed by atoms with Gasteiger partial charge in [-0.05, 0) is 16.0 Å². The van der Waals surface area contributed by atoms with Gasteiger partial charge >= 0.3 is 5.82 Å². The summed E-state index contributed by atoms with van der Waals surface area (Å²) in [6.07, 6.45) is 2.62. The van der Waals surface area contributed by atoms with Crippen LogP contribution in [0.1, 0.15) is 27.7 Å². The van der Waals surface area contributed by atoms with E-state index in [4.69, 9.17) is 9.47 Å². The van der Waals surface area contributed by atoms with Crippen LogP contribution in [0.3, 0.4) is 0 Å². The third-order valence-electron chi connectivity index (χ3n) is 2.69. The van der Waals surface area contributed by atoms with E-state index in [9.17, 15) is 10.1 Å². The van der Waals surface area contributed by atoms with Crippen molar-refractivity contribution in [2.45, 2.75) is 27.7 Å². The summed E-state index contributed by atoms with van der Waals surface area (Å²) < 4.78 is 10.7. The Morgan fingerprint density at radius 2 is 2.00 bits per heavy atom. The van der Waals surface area contributed by atoms with Crippen molar-refractivity contribution < 1.29 is 14.4 Å². The van der Waals surface area contributed by atoms with Gasteiger partial charge in [-0.15, -0.1) is 0 Å². The van der Waals surface area contributed by atoms with Gasteiger partial charge in [-0.25, -0.2) is 0 Å². The highest BCUT2D eigenvalue weighted by molar-refractivity contribution is 5.26. The van der Waals surface area contributed by atoms with Crippen molar-refractivity contribution in [1.82, 2.24) is 9.88 Å². The quantitative estimate of drug-likeness (QED) is 0.614. The van der Waals surface area contributed by atoms with Gasteiger partial charge in [0.05, 0.1) is 13.2 Å². The second kappa shape index (κ2) is 11.9. The largest absolute Gasteiger partial charge is 0.488 e. The maximum absolute atomic E-state index is 10.4. The van der Waals surface area contributed by atoms with Gasteiger partial charge in [0.2, 0.25) is 0 Å². The van der Waals surface area contributed by atoms with E-state index in [0.29, 0.717) is 12.4 Å². The maximum Gasteiger partial charge on any atom is 0.363 e. The Labute approximate surface area is 132 Å². The van der Waals surface area contributed by atoms with Crippen LogP contribution < -0.4 is 4.74 Å². The first-order valence-corrected chi connectivity index (χ1v) is 7.20. The van der Waals surface area contributed by atoms with Gasteiger partial charge in [0, 0.05) is 25.7 Å². The molecule has 126 valence electrons. The molecular formula is C15H27N3O4. The molecule has 1 fully saturated rings. The summed E-state index contributed by atoms with van der Waals surface area (Å²) in [5.74, 6) is 0.379. The number of morpholine rings is 1. The van der Waals surface area contributed by atoms with E-state index in [-0.39, 0.29) is 13.2 Å². The van der Waals surface area contributed by atoms with Crippen LogP contribution in [0, 0.1) is 10.1 Å². The molecule has 0 unspecified atom stereocenters. The van der Waals surface area contributed by atoms with Gasteiger partial charge < -0.3 is 19.6 Å². The summed E-state index contributed by atoms with van der Waals surface area (Å²) in [6.45, 7) is 8.97. The molecule has 1 aliphatic rings. The number of ether oxygens (including phenoxy) is 2. The van der Waals surface area contributed by atoms with Crippen molar-refractivity contribution >= 4 is 5.82 Å². The van der Waals surface area contributed by atoms with Gasteiger partial charge in [0.15, 0.2) is 11.9 Å². The van der Waals surface area contributed by atoms with E-state index in [0.717, 1.165) is 32.8 Å². The molecule has 0 saturated carbocycles. The van der Waals surface area contributed by atoms with Gasteiger partial charge in [-0.2, -0.15) is 0 Å². The van der Waals surface area contributed by atoms with E-state index in [2.05, 4.69) is 23.7 Å². The molecule has 0 aromatic carbocycles. The number of nitrogens with zero attached hydrogens (tertiary/aromatic N) is 3. The Morgan fingerprint density at radius 3 is 2.50 bits per heavy atom. The molecule has 22 heavy (non-hydrogen) atoms. The number of hydrogen-bond acceptors (Lipinski definition) is 6. The average Bonchev–Trinajstić information content (AvgIpc) is 2.50. The van der Waals surface area contributed by atoms with Crippen LogP contribution in [0.15, 0.2) is 18.3 Å². The molecule has 0 spiro atoms. The first-order chi connectivity index (χ1) is 10.2. The SMILES string of the molecule is C.CCC.O=[N+]([O-])c1ccc(OCCN2CCOCC2)cn1. The Bertz CT molecular complexity index is 406. The van der Waals surface area contributed by atoms with E-state index >= 15 is 0 Å². The predicted octanol–water partition coefficient (Wildman–Crippen LogP) is 2.75. The minimum atomic E-state index is -0.530. The fourth-order valence-electron chi connectivity index (χ4n) is 1.68. The molecule has 2 heterocycles. The molecule has 2 rings (SSSR count). The zero-order valence-electron chi connectivity index (χ0n) is 12.7. The number of hydrogen-bond donors (Lipinski definition) is 0. The van der Waals surface area contributed by atoms with Crippen molar-refractivity contribution in [2.24, 2.45) is 0 Å². The van der Waals surface area contributed by atoms with Gasteiger partial charge in [0.1, 0.15) is 6.61 Å². The minimum Gasteiger partial charge on any atom is -0.488 e. The van der Waals surface area contributed by atoms with Crippen LogP contribution in [-0.2, 0) is 4.74 Å². The molecule has 1 aromatic heterocycles. The van der Waals surface area contributed by atoms with Gasteiger partial charge in [-0.3, -0.25) is 4.90 Å². The lowest BCUT2D eigenvalue weighted by Gasteiger charge is -2.26. The van der Waals surface area contributed by atoms with Crippen molar-refractivity contribution in [3.8, 4) is 5.75 Å². The number of rotatable bonds is 5. The molecule has 0 amide bonds. The van der Waals surface area contributed by atoms with Crippen molar-refractivity contribution in [1.29, 1.82) is 0 Å². The Balaban J connectivity index is 0.00000102. The summed E-state index contributed by atoms with van der Waals surface area (Å²) in [5.41, 5.74) is 0. The normalized spacial score (nSPS) is 14.3. The van der Waals surface area contributed by atoms with E-state index < -0.39 is 4.92 Å². The molecule has 1 aromatic rings. The second-order valence-electron chi connectivity index (χ2n) is 4.62. The predicted molar refractivity (Wildman–Crippen MR) is 86.3 cm³/mol. The molecule has 1 saturated heterocycles. The number of nitro groups is 1. The Morgan fingerprint density at radius 1 is 1.36 bits per heavy atom. The molecule has 0 bridgehead atoms. The fraction of sp³-hybridized carbons (Fsp3) is 0.667. The highest BCUT2D eigenvalue weighted by Gasteiger charge is 2.10. The molecule has 0 N–H and O–H groups in total. The minimum absolute atomic E-state index is 0. The summed E-state index contributed by atoms with van der Waals surface area (Å²) in [7, 11) is 0. The monoisotopic (exact) mass is 313 g/mol. The maximum atomic E-state index is 10.4. The van der Waals surface area contributed by atoms with E-state index in [1.165, 1.54) is 18.7 Å². The lowest BCUT2D eigenvalue weighted by atomic mass is 10.4. The smallest absolute Gasteiger partial charge is 0.363 e. The topological polar surface area (TPSA) is 77.7 Å². The molecular weight excluding hydrogens is 286 g/mol. The highest BCUT2D eigenvalue weighted by Crippen LogP contribution is 2.13. The lowest BCUT2D eigenvalue weighted by molar-refractivity contribution is -0.389. The second-order valence-corrected chi connectivity index (χ2v) is 4.62. The van der Waals surface area contributed by atoms with Crippen LogP contribution in [0.2, 0.25) is 0 Å². The summed E-state index contributed by atoms with van der Waals surface area (Å²) in [4.78, 5) is 15.8. The van der Waals surface area contributed by atoms with E-state index in [1.54, 1.807) is 6.07 Å². The molecule has 7 nitrogen and oxygen atoms in total. The summed E-state index contributed by atoms with van der Waals surface area (Å²) in [6, 6.07) is 2.90. The van der Waals surface area contributed by atoms with Crippen molar-refractivity contribution in [3.63, 3.8) is 0 Å². The molecule has 0 radical (unpaired) electrons.